The number of methoxy groups -OCH3 is 1. The van der Waals surface area contributed by atoms with Gasteiger partial charge in [0.05, 0.1) is 26.5 Å². The normalized spacial score (nSPS) is 10.7. The van der Waals surface area contributed by atoms with Crippen LogP contribution in [0.15, 0.2) is 39.4 Å². The highest BCUT2D eigenvalue weighted by molar-refractivity contribution is 9.11. The van der Waals surface area contributed by atoms with Gasteiger partial charge < -0.3 is 20.3 Å². The van der Waals surface area contributed by atoms with Crippen molar-refractivity contribution in [3.63, 3.8) is 0 Å². The van der Waals surface area contributed by atoms with Crippen LogP contribution in [0.4, 0.5) is 0 Å². The summed E-state index contributed by atoms with van der Waals surface area (Å²) in [6, 6.07) is 7.00. The first-order valence-electron chi connectivity index (χ1n) is 7.64. The van der Waals surface area contributed by atoms with Gasteiger partial charge in [-0.3, -0.25) is 4.79 Å². The summed E-state index contributed by atoms with van der Waals surface area (Å²) in [5, 5.41) is 23.1. The molecule has 0 aliphatic rings. The molecule has 0 saturated heterocycles. The van der Waals surface area contributed by atoms with Crippen molar-refractivity contribution in [2.24, 2.45) is 0 Å². The number of halogens is 2. The van der Waals surface area contributed by atoms with Gasteiger partial charge in [0.1, 0.15) is 10.8 Å². The second-order valence-electron chi connectivity index (χ2n) is 5.44. The maximum Gasteiger partial charge on any atom is 0.254 e. The fraction of sp³-hybridized carbons (Fsp3) is 0.111. The number of aromatic nitrogens is 1. The van der Waals surface area contributed by atoms with Gasteiger partial charge in [0.15, 0.2) is 11.5 Å². The van der Waals surface area contributed by atoms with Crippen molar-refractivity contribution in [1.29, 1.82) is 0 Å². The Kier molecular flexibility index (Phi) is 5.73. The highest BCUT2D eigenvalue weighted by atomic mass is 79.9. The number of rotatable bonds is 4. The molecule has 1 aromatic heterocycles. The Morgan fingerprint density at radius 3 is 2.63 bits per heavy atom. The quantitative estimate of drug-likeness (QED) is 0.436. The molecule has 27 heavy (non-hydrogen) atoms. The van der Waals surface area contributed by atoms with Crippen molar-refractivity contribution in [1.82, 2.24) is 10.3 Å². The molecule has 0 spiro atoms. The highest BCUT2D eigenvalue weighted by Crippen LogP contribution is 2.46. The molecule has 0 aliphatic heterocycles. The molecule has 3 rings (SSSR count). The highest BCUT2D eigenvalue weighted by Gasteiger charge is 2.19. The number of nitrogens with zero attached hydrogens (tertiary/aromatic N) is 1. The Labute approximate surface area is 176 Å². The molecule has 0 unspecified atom stereocenters. The van der Waals surface area contributed by atoms with Crippen LogP contribution in [0, 0.1) is 0 Å². The van der Waals surface area contributed by atoms with Gasteiger partial charge in [-0.15, -0.1) is 11.3 Å². The van der Waals surface area contributed by atoms with Gasteiger partial charge in [-0.05, 0) is 61.7 Å². The lowest BCUT2D eigenvalue weighted by Crippen LogP contribution is -2.18. The Hall–Kier alpha value is -2.10. The first kappa shape index (κ1) is 19.7. The third-order valence-corrected chi connectivity index (χ3v) is 6.34. The van der Waals surface area contributed by atoms with E-state index in [0.717, 1.165) is 10.4 Å². The van der Waals surface area contributed by atoms with Crippen molar-refractivity contribution in [2.75, 3.05) is 14.2 Å². The number of phenols is 2. The first-order valence-corrected chi connectivity index (χ1v) is 10.0. The molecule has 0 aliphatic carbocycles. The molecule has 140 valence electrons. The zero-order valence-electron chi connectivity index (χ0n) is 14.2. The number of hydrogen-bond acceptors (Lipinski definition) is 6. The van der Waals surface area contributed by atoms with Crippen LogP contribution in [0.5, 0.6) is 17.2 Å². The summed E-state index contributed by atoms with van der Waals surface area (Å²) in [7, 11) is 3.07. The van der Waals surface area contributed by atoms with Gasteiger partial charge in [-0.1, -0.05) is 0 Å². The van der Waals surface area contributed by atoms with Crippen molar-refractivity contribution >= 4 is 49.1 Å². The predicted molar refractivity (Wildman–Crippen MR) is 112 cm³/mol. The summed E-state index contributed by atoms with van der Waals surface area (Å²) in [4.78, 5) is 17.3. The summed E-state index contributed by atoms with van der Waals surface area (Å²) in [6.07, 6.45) is 1.69. The summed E-state index contributed by atoms with van der Waals surface area (Å²) in [6.45, 7) is 0. The van der Waals surface area contributed by atoms with E-state index in [2.05, 4.69) is 42.2 Å². The second-order valence-corrected chi connectivity index (χ2v) is 8.12. The van der Waals surface area contributed by atoms with E-state index in [1.54, 1.807) is 31.4 Å². The number of hydrogen-bond donors (Lipinski definition) is 3. The van der Waals surface area contributed by atoms with Crippen LogP contribution in [0.2, 0.25) is 0 Å². The Balaban J connectivity index is 2.06. The molecular weight excluding hydrogens is 500 g/mol. The van der Waals surface area contributed by atoms with Crippen molar-refractivity contribution < 1.29 is 19.7 Å². The van der Waals surface area contributed by atoms with E-state index in [0.29, 0.717) is 30.8 Å². The second kappa shape index (κ2) is 7.87. The summed E-state index contributed by atoms with van der Waals surface area (Å²) >= 11 is 7.90. The zero-order valence-corrected chi connectivity index (χ0v) is 18.2. The molecule has 0 atom stereocenters. The van der Waals surface area contributed by atoms with Crippen molar-refractivity contribution in [3.8, 4) is 38.3 Å². The minimum Gasteiger partial charge on any atom is -0.503 e. The maximum absolute atomic E-state index is 12.1. The molecule has 0 fully saturated rings. The number of aromatic hydroxyl groups is 2. The molecule has 9 heteroatoms. The molecule has 3 aromatic rings. The van der Waals surface area contributed by atoms with Crippen molar-refractivity contribution in [2.45, 2.75) is 0 Å². The number of ether oxygens (including phenoxy) is 1. The molecule has 3 N–H and O–H groups in total. The maximum atomic E-state index is 12.1. The van der Waals surface area contributed by atoms with E-state index in [9.17, 15) is 15.0 Å². The number of thiazole rings is 1. The van der Waals surface area contributed by atoms with Gasteiger partial charge in [-0.2, -0.15) is 0 Å². The minimum absolute atomic E-state index is 0.242. The average Bonchev–Trinajstić information content (AvgIpc) is 3.17. The predicted octanol–water partition coefficient (Wildman–Crippen LogP) is 4.78. The standard InChI is InChI=1S/C18H14Br2N2O4S/c1-21-17(25)9-5-8(3-4-12(9)26-2)13-7-22-18(27-13)10-6-11(19)15(23)16(24)14(10)20/h3-7,23-24H,1-2H3,(H,21,25). The third kappa shape index (κ3) is 3.67. The molecule has 0 saturated carbocycles. The molecular formula is C18H14Br2N2O4S. The van der Waals surface area contributed by atoms with E-state index < -0.39 is 0 Å². The lowest BCUT2D eigenvalue weighted by atomic mass is 10.1. The topological polar surface area (TPSA) is 91.7 Å². The molecule has 0 radical (unpaired) electrons. The first-order chi connectivity index (χ1) is 12.9. The number of benzene rings is 2. The number of carbonyl (C=O) groups is 1. The molecule has 0 bridgehead atoms. The van der Waals surface area contributed by atoms with Gasteiger partial charge in [0.25, 0.3) is 5.91 Å². The van der Waals surface area contributed by atoms with Gasteiger partial charge in [-0.25, -0.2) is 4.98 Å². The molecule has 1 amide bonds. The molecule has 6 nitrogen and oxygen atoms in total. The van der Waals surface area contributed by atoms with Gasteiger partial charge in [0.2, 0.25) is 0 Å². The van der Waals surface area contributed by atoms with Crippen LogP contribution in [-0.2, 0) is 0 Å². The fourth-order valence-electron chi connectivity index (χ4n) is 2.46. The summed E-state index contributed by atoms with van der Waals surface area (Å²) in [5.41, 5.74) is 1.88. The largest absolute Gasteiger partial charge is 0.503 e. The Morgan fingerprint density at radius 1 is 1.22 bits per heavy atom. The van der Waals surface area contributed by atoms with E-state index in [4.69, 9.17) is 4.74 Å². The average molecular weight is 514 g/mol. The third-order valence-electron chi connectivity index (χ3n) is 3.86. The monoisotopic (exact) mass is 512 g/mol. The smallest absolute Gasteiger partial charge is 0.254 e. The van der Waals surface area contributed by atoms with Crippen LogP contribution < -0.4 is 10.1 Å². The molecule has 2 aromatic carbocycles. The van der Waals surface area contributed by atoms with Crippen LogP contribution in [0.3, 0.4) is 0 Å². The SMILES string of the molecule is CNC(=O)c1cc(-c2cnc(-c3cc(Br)c(O)c(O)c3Br)s2)ccc1OC. The van der Waals surface area contributed by atoms with Crippen LogP contribution >= 0.6 is 43.2 Å². The number of amides is 1. The number of nitrogens with one attached hydrogen (secondary N) is 1. The lowest BCUT2D eigenvalue weighted by molar-refractivity contribution is 0.0960. The lowest BCUT2D eigenvalue weighted by Gasteiger charge is -2.09. The van der Waals surface area contributed by atoms with E-state index in [1.807, 2.05) is 6.07 Å². The zero-order chi connectivity index (χ0) is 19.7. The number of carbonyl (C=O) groups excluding carboxylic acids is 1. The van der Waals surface area contributed by atoms with Crippen LogP contribution in [-0.4, -0.2) is 35.3 Å². The van der Waals surface area contributed by atoms with Crippen molar-refractivity contribution in [3.05, 3.63) is 45.0 Å². The Bertz CT molecular complexity index is 1040. The van der Waals surface area contributed by atoms with Gasteiger partial charge in [0, 0.05) is 18.8 Å². The fourth-order valence-corrected chi connectivity index (χ4v) is 4.44. The number of phenolic OH excluding ortho intramolecular Hbond substituents is 2. The van der Waals surface area contributed by atoms with E-state index in [-0.39, 0.29) is 17.4 Å². The van der Waals surface area contributed by atoms with Gasteiger partial charge >= 0.3 is 0 Å². The Morgan fingerprint density at radius 2 is 1.96 bits per heavy atom. The van der Waals surface area contributed by atoms with E-state index in [1.165, 1.54) is 18.4 Å². The van der Waals surface area contributed by atoms with E-state index >= 15 is 0 Å². The summed E-state index contributed by atoms with van der Waals surface area (Å²) < 4.78 is 5.97. The summed E-state index contributed by atoms with van der Waals surface area (Å²) in [5.74, 6) is -0.262. The van der Waals surface area contributed by atoms with Crippen LogP contribution in [0.25, 0.3) is 21.0 Å². The van der Waals surface area contributed by atoms with Crippen LogP contribution in [0.1, 0.15) is 10.4 Å². The minimum atomic E-state index is -0.262. The molecule has 1 heterocycles.